The van der Waals surface area contributed by atoms with Crippen molar-refractivity contribution in [2.24, 2.45) is 0 Å². The number of hydrogen-bond acceptors (Lipinski definition) is 5. The highest BCUT2D eigenvalue weighted by Gasteiger charge is 2.10. The van der Waals surface area contributed by atoms with Crippen LogP contribution in [-0.4, -0.2) is 24.0 Å². The molecule has 5 nitrogen and oxygen atoms in total. The average molecular weight is 256 g/mol. The molecular formula is C11H16N2O3S. The van der Waals surface area contributed by atoms with Crippen LogP contribution >= 0.6 is 11.3 Å². The number of methoxy groups -OCH3 is 1. The minimum atomic E-state index is -0.387. The molecule has 0 radical (unpaired) electrons. The molecule has 0 atom stereocenters. The Labute approximate surface area is 104 Å². The Morgan fingerprint density at radius 2 is 2.18 bits per heavy atom. The fraction of sp³-hybridized carbons (Fsp3) is 0.545. The molecule has 1 rings (SSSR count). The van der Waals surface area contributed by atoms with Gasteiger partial charge in [-0.3, -0.25) is 9.59 Å². The van der Waals surface area contributed by atoms with E-state index in [1.165, 1.54) is 18.4 Å². The quantitative estimate of drug-likeness (QED) is 0.820. The summed E-state index contributed by atoms with van der Waals surface area (Å²) in [7, 11) is 1.30. The van der Waals surface area contributed by atoms with E-state index in [4.69, 9.17) is 0 Å². The maximum Gasteiger partial charge on any atom is 0.306 e. The minimum Gasteiger partial charge on any atom is -0.469 e. The number of rotatable bonds is 5. The molecule has 1 heterocycles. The number of esters is 1. The molecule has 1 amide bonds. The SMILES string of the molecule is COC(=O)CCC(=O)Nc1nc(C(C)C)cs1. The summed E-state index contributed by atoms with van der Waals surface area (Å²) in [6.07, 6.45) is 0.202. The molecule has 6 heteroatoms. The summed E-state index contributed by atoms with van der Waals surface area (Å²) in [5.74, 6) is -0.269. The predicted molar refractivity (Wildman–Crippen MR) is 66.1 cm³/mol. The molecular weight excluding hydrogens is 240 g/mol. The van der Waals surface area contributed by atoms with Crippen LogP contribution in [0.15, 0.2) is 5.38 Å². The number of nitrogens with zero attached hydrogens (tertiary/aromatic N) is 1. The van der Waals surface area contributed by atoms with Crippen molar-refractivity contribution in [2.75, 3.05) is 12.4 Å². The van der Waals surface area contributed by atoms with Crippen LogP contribution in [0.1, 0.15) is 38.3 Å². The van der Waals surface area contributed by atoms with Crippen molar-refractivity contribution in [3.8, 4) is 0 Å². The monoisotopic (exact) mass is 256 g/mol. The van der Waals surface area contributed by atoms with E-state index in [-0.39, 0.29) is 24.7 Å². The van der Waals surface area contributed by atoms with E-state index in [1.807, 2.05) is 19.2 Å². The van der Waals surface area contributed by atoms with Gasteiger partial charge in [-0.25, -0.2) is 4.98 Å². The molecule has 1 aromatic rings. The Kier molecular flexibility index (Phi) is 5.09. The van der Waals surface area contributed by atoms with Crippen molar-refractivity contribution in [1.82, 2.24) is 4.98 Å². The molecule has 0 fully saturated rings. The summed E-state index contributed by atoms with van der Waals surface area (Å²) >= 11 is 1.39. The maximum absolute atomic E-state index is 11.5. The van der Waals surface area contributed by atoms with Gasteiger partial charge in [-0.15, -0.1) is 11.3 Å². The third-order valence-corrected chi connectivity index (χ3v) is 2.92. The van der Waals surface area contributed by atoms with Gasteiger partial charge < -0.3 is 10.1 Å². The summed E-state index contributed by atoms with van der Waals surface area (Å²) in [5, 5.41) is 5.15. The Balaban J connectivity index is 2.42. The number of nitrogens with one attached hydrogen (secondary N) is 1. The topological polar surface area (TPSA) is 68.3 Å². The normalized spacial score (nSPS) is 10.4. The highest BCUT2D eigenvalue weighted by Crippen LogP contribution is 2.21. The third kappa shape index (κ3) is 4.52. The Morgan fingerprint density at radius 3 is 2.71 bits per heavy atom. The average Bonchev–Trinajstić information content (AvgIpc) is 2.74. The van der Waals surface area contributed by atoms with Crippen LogP contribution in [0.5, 0.6) is 0 Å². The second-order valence-corrected chi connectivity index (χ2v) is 4.71. The molecule has 17 heavy (non-hydrogen) atoms. The van der Waals surface area contributed by atoms with Crippen LogP contribution < -0.4 is 5.32 Å². The van der Waals surface area contributed by atoms with Gasteiger partial charge in [0.2, 0.25) is 5.91 Å². The largest absolute Gasteiger partial charge is 0.469 e. The molecule has 1 N–H and O–H groups in total. The van der Waals surface area contributed by atoms with Gasteiger partial charge in [0.25, 0.3) is 0 Å². The molecule has 0 aliphatic rings. The third-order valence-electron chi connectivity index (χ3n) is 2.14. The van der Waals surface area contributed by atoms with Crippen LogP contribution in [0.3, 0.4) is 0 Å². The van der Waals surface area contributed by atoms with Gasteiger partial charge >= 0.3 is 5.97 Å². The maximum atomic E-state index is 11.5. The lowest BCUT2D eigenvalue weighted by Gasteiger charge is -2.01. The van der Waals surface area contributed by atoms with E-state index in [9.17, 15) is 9.59 Å². The van der Waals surface area contributed by atoms with Crippen LogP contribution in [0.4, 0.5) is 5.13 Å². The number of ether oxygens (including phenoxy) is 1. The van der Waals surface area contributed by atoms with E-state index in [2.05, 4.69) is 15.0 Å². The van der Waals surface area contributed by atoms with Crippen molar-refractivity contribution in [3.63, 3.8) is 0 Å². The summed E-state index contributed by atoms with van der Waals surface area (Å²) in [6.45, 7) is 4.08. The number of hydrogen-bond donors (Lipinski definition) is 1. The molecule has 0 aromatic carbocycles. The van der Waals surface area contributed by atoms with Crippen molar-refractivity contribution in [1.29, 1.82) is 0 Å². The zero-order chi connectivity index (χ0) is 12.8. The standard InChI is InChI=1S/C11H16N2O3S/c1-7(2)8-6-17-11(12-8)13-9(14)4-5-10(15)16-3/h6-7H,4-5H2,1-3H3,(H,12,13,14). The first kappa shape index (κ1) is 13.6. The second-order valence-electron chi connectivity index (χ2n) is 3.86. The molecule has 1 aromatic heterocycles. The van der Waals surface area contributed by atoms with E-state index in [0.29, 0.717) is 11.0 Å². The van der Waals surface area contributed by atoms with Crippen molar-refractivity contribution >= 4 is 28.3 Å². The lowest BCUT2D eigenvalue weighted by Crippen LogP contribution is -2.13. The Morgan fingerprint density at radius 1 is 1.47 bits per heavy atom. The number of anilines is 1. The molecule has 0 spiro atoms. The van der Waals surface area contributed by atoms with Gasteiger partial charge in [-0.1, -0.05) is 13.8 Å². The first-order chi connectivity index (χ1) is 8.02. The van der Waals surface area contributed by atoms with E-state index >= 15 is 0 Å². The fourth-order valence-corrected chi connectivity index (χ4v) is 2.00. The molecule has 0 unspecified atom stereocenters. The molecule has 0 bridgehead atoms. The summed E-state index contributed by atoms with van der Waals surface area (Å²) < 4.78 is 4.45. The van der Waals surface area contributed by atoms with Crippen LogP contribution in [0.25, 0.3) is 0 Å². The van der Waals surface area contributed by atoms with Crippen molar-refractivity contribution < 1.29 is 14.3 Å². The van der Waals surface area contributed by atoms with Crippen molar-refractivity contribution in [2.45, 2.75) is 32.6 Å². The Hall–Kier alpha value is -1.43. The fourth-order valence-electron chi connectivity index (χ4n) is 1.11. The zero-order valence-electron chi connectivity index (χ0n) is 10.1. The van der Waals surface area contributed by atoms with Crippen LogP contribution in [0, 0.1) is 0 Å². The lowest BCUT2D eigenvalue weighted by molar-refractivity contribution is -0.141. The molecule has 0 saturated carbocycles. The van der Waals surface area contributed by atoms with Gasteiger partial charge in [0.1, 0.15) is 0 Å². The minimum absolute atomic E-state index is 0.0880. The van der Waals surface area contributed by atoms with Crippen molar-refractivity contribution in [3.05, 3.63) is 11.1 Å². The number of aromatic nitrogens is 1. The Bertz CT molecular complexity index is 401. The molecule has 0 aliphatic carbocycles. The zero-order valence-corrected chi connectivity index (χ0v) is 11.0. The highest BCUT2D eigenvalue weighted by molar-refractivity contribution is 7.13. The molecule has 0 saturated heterocycles. The second kappa shape index (κ2) is 6.34. The summed E-state index contributed by atoms with van der Waals surface area (Å²) in [4.78, 5) is 26.6. The summed E-state index contributed by atoms with van der Waals surface area (Å²) in [5.41, 5.74) is 0.957. The van der Waals surface area contributed by atoms with E-state index < -0.39 is 0 Å². The first-order valence-corrected chi connectivity index (χ1v) is 6.23. The highest BCUT2D eigenvalue weighted by atomic mass is 32.1. The van der Waals surface area contributed by atoms with Crippen LogP contribution in [0.2, 0.25) is 0 Å². The first-order valence-electron chi connectivity index (χ1n) is 5.35. The van der Waals surface area contributed by atoms with Gasteiger partial charge in [0.05, 0.1) is 19.2 Å². The lowest BCUT2D eigenvalue weighted by atomic mass is 10.2. The number of thiazole rings is 1. The van der Waals surface area contributed by atoms with Gasteiger partial charge in [-0.2, -0.15) is 0 Å². The van der Waals surface area contributed by atoms with E-state index in [0.717, 1.165) is 5.69 Å². The van der Waals surface area contributed by atoms with Gasteiger partial charge in [0.15, 0.2) is 5.13 Å². The summed E-state index contributed by atoms with van der Waals surface area (Å²) in [6, 6.07) is 0. The smallest absolute Gasteiger partial charge is 0.306 e. The molecule has 0 aliphatic heterocycles. The number of carbonyl (C=O) groups excluding carboxylic acids is 2. The van der Waals surface area contributed by atoms with Gasteiger partial charge in [-0.05, 0) is 5.92 Å². The van der Waals surface area contributed by atoms with Gasteiger partial charge in [0, 0.05) is 11.8 Å². The predicted octanol–water partition coefficient (Wildman–Crippen LogP) is 2.16. The molecule has 94 valence electrons. The number of amides is 1. The number of carbonyl (C=O) groups is 2. The van der Waals surface area contributed by atoms with E-state index in [1.54, 1.807) is 0 Å². The van der Waals surface area contributed by atoms with Crippen LogP contribution in [-0.2, 0) is 14.3 Å².